The van der Waals surface area contributed by atoms with Gasteiger partial charge in [0.1, 0.15) is 5.82 Å². The van der Waals surface area contributed by atoms with Gasteiger partial charge in [0, 0.05) is 6.20 Å². The minimum atomic E-state index is -0.0978. The van der Waals surface area contributed by atoms with Crippen molar-refractivity contribution in [2.24, 2.45) is 0 Å². The van der Waals surface area contributed by atoms with Gasteiger partial charge in [-0.2, -0.15) is 0 Å². The lowest BCUT2D eigenvalue weighted by Crippen LogP contribution is -2.33. The Hall–Kier alpha value is -0.560. The number of carbonyl (C=O) groups is 1. The molecule has 0 saturated heterocycles. The largest absolute Gasteiger partial charge is 0.412 e. The normalized spacial score (nSPS) is 16.3. The number of halogens is 1. The number of carbonyl (C=O) groups excluding carboxylic acids is 1. The van der Waals surface area contributed by atoms with E-state index >= 15 is 0 Å². The summed E-state index contributed by atoms with van der Waals surface area (Å²) in [6.45, 7) is 3.51. The third-order valence-corrected chi connectivity index (χ3v) is 1.66. The van der Waals surface area contributed by atoms with Crippen molar-refractivity contribution in [1.29, 1.82) is 0 Å². The second-order valence-electron chi connectivity index (χ2n) is 1.57. The molecule has 4 nitrogen and oxygen atoms in total. The highest BCUT2D eigenvalue weighted by molar-refractivity contribution is 14.1. The molecule has 1 aliphatic rings. The van der Waals surface area contributed by atoms with Crippen LogP contribution in [0.4, 0.5) is 0 Å². The number of hydrogen-bond donors (Lipinski definition) is 2. The van der Waals surface area contributed by atoms with Crippen LogP contribution in [-0.2, 0) is 4.79 Å². The fourth-order valence-corrected chi connectivity index (χ4v) is 0.739. The van der Waals surface area contributed by atoms with Crippen molar-refractivity contribution in [3.05, 3.63) is 22.2 Å². The molecule has 0 bridgehead atoms. The lowest BCUT2D eigenvalue weighted by atomic mass is 10.5. The van der Waals surface area contributed by atoms with E-state index in [2.05, 4.69) is 17.2 Å². The molecule has 0 aromatic heterocycles. The zero-order chi connectivity index (χ0) is 6.85. The Balaban J connectivity index is 0.000000810. The molecular weight excluding hydrogens is 247 g/mol. The van der Waals surface area contributed by atoms with Gasteiger partial charge in [-0.25, -0.2) is 0 Å². The van der Waals surface area contributed by atoms with Crippen LogP contribution in [0, 0.1) is 0 Å². The summed E-state index contributed by atoms with van der Waals surface area (Å²) in [5.74, 6) is 0.430. The summed E-state index contributed by atoms with van der Waals surface area (Å²) in [6, 6.07) is 0. The fourth-order valence-electron chi connectivity index (χ4n) is 0.449. The number of rotatable bonds is 0. The van der Waals surface area contributed by atoms with Gasteiger partial charge in [-0.1, -0.05) is 6.58 Å². The third-order valence-electron chi connectivity index (χ3n) is 0.854. The predicted molar refractivity (Wildman–Crippen MR) is 46.1 cm³/mol. The molecule has 0 aromatic rings. The Morgan fingerprint density at radius 1 is 1.60 bits per heavy atom. The van der Waals surface area contributed by atoms with Crippen molar-refractivity contribution in [1.82, 2.24) is 10.6 Å². The second kappa shape index (κ2) is 3.57. The highest BCUT2D eigenvalue weighted by Gasteiger charge is 2.10. The fraction of sp³-hybridized carbons (Fsp3) is 0. The maximum absolute atomic E-state index is 10.7. The third kappa shape index (κ3) is 1.99. The van der Waals surface area contributed by atoms with Crippen LogP contribution in [0.1, 0.15) is 0 Å². The smallest absolute Gasteiger partial charge is 0.264 e. The second-order valence-corrected chi connectivity index (χ2v) is 2.73. The Labute approximate surface area is 71.8 Å². The molecule has 0 atom stereocenters. The van der Waals surface area contributed by atoms with E-state index in [1.807, 2.05) is 22.6 Å². The van der Waals surface area contributed by atoms with Gasteiger partial charge in [0.25, 0.3) is 5.91 Å². The van der Waals surface area contributed by atoms with Gasteiger partial charge in [0.05, 0.1) is 3.58 Å². The van der Waals surface area contributed by atoms with E-state index in [1.54, 1.807) is 6.20 Å². The molecule has 0 fully saturated rings. The van der Waals surface area contributed by atoms with Crippen LogP contribution in [0.5, 0.6) is 0 Å². The van der Waals surface area contributed by atoms with Gasteiger partial charge in [-0.05, 0) is 22.6 Å². The van der Waals surface area contributed by atoms with Crippen LogP contribution in [0.3, 0.4) is 0 Å². The maximum Gasteiger partial charge on any atom is 0.264 e. The van der Waals surface area contributed by atoms with Crippen LogP contribution in [0.25, 0.3) is 0 Å². The van der Waals surface area contributed by atoms with E-state index < -0.39 is 0 Å². The lowest BCUT2D eigenvalue weighted by molar-refractivity contribution is -0.116. The SMILES string of the molecule is C=C1NC=C(I)C(=O)N1.O. The standard InChI is InChI=1S/C5H5IN2O.H2O/c1-3-7-2-4(6)5(9)8-3;/h2,7H,1H2,(H,8,9);1H2. The van der Waals surface area contributed by atoms with E-state index in [0.29, 0.717) is 9.40 Å². The van der Waals surface area contributed by atoms with E-state index in [1.165, 1.54) is 0 Å². The van der Waals surface area contributed by atoms with Crippen molar-refractivity contribution < 1.29 is 10.3 Å². The van der Waals surface area contributed by atoms with Gasteiger partial charge in [-0.15, -0.1) is 0 Å². The first-order valence-corrected chi connectivity index (χ1v) is 3.40. The average molecular weight is 254 g/mol. The molecule has 1 rings (SSSR count). The molecule has 0 spiro atoms. The van der Waals surface area contributed by atoms with Gasteiger partial charge in [-0.3, -0.25) is 4.79 Å². The summed E-state index contributed by atoms with van der Waals surface area (Å²) >= 11 is 1.94. The Bertz CT molecular complexity index is 200. The quantitative estimate of drug-likeness (QED) is 0.579. The minimum Gasteiger partial charge on any atom is -0.412 e. The number of hydrogen-bond acceptors (Lipinski definition) is 2. The van der Waals surface area contributed by atoms with E-state index in [-0.39, 0.29) is 11.4 Å². The van der Waals surface area contributed by atoms with E-state index in [9.17, 15) is 4.79 Å². The molecule has 5 heteroatoms. The highest BCUT2D eigenvalue weighted by atomic mass is 127. The van der Waals surface area contributed by atoms with E-state index in [4.69, 9.17) is 0 Å². The van der Waals surface area contributed by atoms with Crippen molar-refractivity contribution in [2.45, 2.75) is 0 Å². The number of amides is 1. The van der Waals surface area contributed by atoms with Crippen LogP contribution in [-0.4, -0.2) is 11.4 Å². The van der Waals surface area contributed by atoms with Crippen LogP contribution in [0.2, 0.25) is 0 Å². The summed E-state index contributed by atoms with van der Waals surface area (Å²) < 4.78 is 0.639. The summed E-state index contributed by atoms with van der Waals surface area (Å²) in [6.07, 6.45) is 1.61. The van der Waals surface area contributed by atoms with Crippen LogP contribution >= 0.6 is 22.6 Å². The molecule has 10 heavy (non-hydrogen) atoms. The number of nitrogens with one attached hydrogen (secondary N) is 2. The van der Waals surface area contributed by atoms with Crippen molar-refractivity contribution in [2.75, 3.05) is 0 Å². The summed E-state index contributed by atoms with van der Waals surface area (Å²) in [5, 5.41) is 5.27. The molecule has 4 N–H and O–H groups in total. The highest BCUT2D eigenvalue weighted by Crippen LogP contribution is 2.07. The average Bonchev–Trinajstić information content (AvgIpc) is 1.80. The van der Waals surface area contributed by atoms with Crippen LogP contribution < -0.4 is 10.6 Å². The summed E-state index contributed by atoms with van der Waals surface area (Å²) in [5.41, 5.74) is 0. The molecule has 1 heterocycles. The molecule has 0 aliphatic carbocycles. The minimum absolute atomic E-state index is 0. The zero-order valence-corrected chi connectivity index (χ0v) is 7.23. The van der Waals surface area contributed by atoms with Gasteiger partial charge >= 0.3 is 0 Å². The Morgan fingerprint density at radius 3 is 2.60 bits per heavy atom. The Kier molecular flexibility index (Phi) is 3.37. The van der Waals surface area contributed by atoms with Crippen molar-refractivity contribution in [3.8, 4) is 0 Å². The topological polar surface area (TPSA) is 72.6 Å². The van der Waals surface area contributed by atoms with E-state index in [0.717, 1.165) is 0 Å². The molecule has 1 aliphatic heterocycles. The van der Waals surface area contributed by atoms with Crippen LogP contribution in [0.15, 0.2) is 22.2 Å². The molecule has 0 saturated carbocycles. The van der Waals surface area contributed by atoms with Crippen molar-refractivity contribution >= 4 is 28.5 Å². The predicted octanol–water partition coefficient (Wildman–Crippen LogP) is -0.371. The zero-order valence-electron chi connectivity index (χ0n) is 5.07. The molecule has 0 radical (unpaired) electrons. The molecule has 1 amide bonds. The monoisotopic (exact) mass is 254 g/mol. The first-order valence-electron chi connectivity index (χ1n) is 2.32. The molecule has 0 unspecified atom stereocenters. The summed E-state index contributed by atoms with van der Waals surface area (Å²) in [4.78, 5) is 10.7. The first-order chi connectivity index (χ1) is 4.20. The first kappa shape index (κ1) is 9.44. The van der Waals surface area contributed by atoms with Crippen molar-refractivity contribution in [3.63, 3.8) is 0 Å². The summed E-state index contributed by atoms with van der Waals surface area (Å²) in [7, 11) is 0. The molecule has 0 aromatic carbocycles. The molecular formula is C5H7IN2O2. The van der Waals surface area contributed by atoms with Gasteiger partial charge in [0.2, 0.25) is 0 Å². The Morgan fingerprint density at radius 2 is 2.20 bits per heavy atom. The van der Waals surface area contributed by atoms with Gasteiger partial charge < -0.3 is 16.1 Å². The maximum atomic E-state index is 10.7. The lowest BCUT2D eigenvalue weighted by Gasteiger charge is -2.12. The molecule has 56 valence electrons. The van der Waals surface area contributed by atoms with Gasteiger partial charge in [0.15, 0.2) is 0 Å².